The maximum absolute atomic E-state index is 12.6. The van der Waals surface area contributed by atoms with Crippen LogP contribution < -0.4 is 10.2 Å². The number of nitrogens with one attached hydrogen (secondary N) is 1. The van der Waals surface area contributed by atoms with Crippen LogP contribution in [0.15, 0.2) is 24.3 Å². The summed E-state index contributed by atoms with van der Waals surface area (Å²) in [5, 5.41) is 11.8. The summed E-state index contributed by atoms with van der Waals surface area (Å²) in [5.74, 6) is 0.949. The van der Waals surface area contributed by atoms with E-state index in [2.05, 4.69) is 40.2 Å². The van der Waals surface area contributed by atoms with Gasteiger partial charge in [0, 0.05) is 44.0 Å². The molecule has 2 fully saturated rings. The number of hydrogen-bond donors (Lipinski definition) is 1. The van der Waals surface area contributed by atoms with Crippen molar-refractivity contribution >= 4 is 17.3 Å². The second-order valence-corrected chi connectivity index (χ2v) is 7.75. The molecule has 0 bridgehead atoms. The molecule has 1 N–H and O–H groups in total. The standard InChI is InChI=1S/C21H30N4O/c1-17-9-14-25(15-10-17)20-7-5-19(6-8-20)23-21(26)18-4-2-12-24(16-18)13-3-11-22/h5-8,17-18H,2-4,9-10,12-16H2,1H3,(H,23,26). The Morgan fingerprint density at radius 3 is 2.62 bits per heavy atom. The van der Waals surface area contributed by atoms with E-state index in [1.54, 1.807) is 0 Å². The molecule has 2 heterocycles. The van der Waals surface area contributed by atoms with Crippen molar-refractivity contribution in [3.8, 4) is 6.07 Å². The molecule has 5 nitrogen and oxygen atoms in total. The fourth-order valence-electron chi connectivity index (χ4n) is 3.95. The Morgan fingerprint density at radius 1 is 1.19 bits per heavy atom. The van der Waals surface area contributed by atoms with Crippen LogP contribution in [0.4, 0.5) is 11.4 Å². The summed E-state index contributed by atoms with van der Waals surface area (Å²) in [5.41, 5.74) is 2.12. The van der Waals surface area contributed by atoms with Crippen LogP contribution >= 0.6 is 0 Å². The molecule has 0 radical (unpaired) electrons. The van der Waals surface area contributed by atoms with Crippen LogP contribution in [0.2, 0.25) is 0 Å². The van der Waals surface area contributed by atoms with Gasteiger partial charge >= 0.3 is 0 Å². The average Bonchev–Trinajstić information content (AvgIpc) is 2.68. The van der Waals surface area contributed by atoms with Crippen molar-refractivity contribution in [2.75, 3.05) is 42.9 Å². The van der Waals surface area contributed by atoms with Crippen LogP contribution in [0, 0.1) is 23.2 Å². The summed E-state index contributed by atoms with van der Waals surface area (Å²) in [7, 11) is 0. The van der Waals surface area contributed by atoms with E-state index >= 15 is 0 Å². The molecule has 1 aromatic carbocycles. The van der Waals surface area contributed by atoms with Gasteiger partial charge in [0.15, 0.2) is 0 Å². The summed E-state index contributed by atoms with van der Waals surface area (Å²) in [6.45, 7) is 7.08. The third-order valence-electron chi connectivity index (χ3n) is 5.70. The van der Waals surface area contributed by atoms with Crippen molar-refractivity contribution in [3.63, 3.8) is 0 Å². The molecule has 0 saturated carbocycles. The van der Waals surface area contributed by atoms with Crippen LogP contribution in [0.5, 0.6) is 0 Å². The van der Waals surface area contributed by atoms with Crippen molar-refractivity contribution < 1.29 is 4.79 Å². The van der Waals surface area contributed by atoms with Crippen molar-refractivity contribution in [2.24, 2.45) is 11.8 Å². The molecule has 2 saturated heterocycles. The first-order valence-corrected chi connectivity index (χ1v) is 9.91. The highest BCUT2D eigenvalue weighted by molar-refractivity contribution is 5.92. The lowest BCUT2D eigenvalue weighted by atomic mass is 9.97. The summed E-state index contributed by atoms with van der Waals surface area (Å²) in [6, 6.07) is 10.5. The van der Waals surface area contributed by atoms with Crippen LogP contribution in [-0.2, 0) is 4.79 Å². The Kier molecular flexibility index (Phi) is 6.51. The molecule has 1 atom stereocenters. The fraction of sp³-hybridized carbons (Fsp3) is 0.619. The Balaban J connectivity index is 1.52. The highest BCUT2D eigenvalue weighted by Gasteiger charge is 2.25. The normalized spacial score (nSPS) is 22.0. The van der Waals surface area contributed by atoms with E-state index in [1.165, 1.54) is 18.5 Å². The quantitative estimate of drug-likeness (QED) is 0.879. The molecule has 0 aliphatic carbocycles. The van der Waals surface area contributed by atoms with E-state index in [-0.39, 0.29) is 11.8 Å². The van der Waals surface area contributed by atoms with Crippen molar-refractivity contribution in [2.45, 2.75) is 39.0 Å². The number of anilines is 2. The first-order valence-electron chi connectivity index (χ1n) is 9.91. The highest BCUT2D eigenvalue weighted by Crippen LogP contribution is 2.25. The largest absolute Gasteiger partial charge is 0.372 e. The van der Waals surface area contributed by atoms with E-state index in [0.717, 1.165) is 57.2 Å². The van der Waals surface area contributed by atoms with Gasteiger partial charge in [-0.2, -0.15) is 5.26 Å². The Labute approximate surface area is 157 Å². The number of piperidine rings is 2. The Bertz CT molecular complexity index is 628. The molecule has 3 rings (SSSR count). The number of rotatable bonds is 5. The first kappa shape index (κ1) is 18.7. The van der Waals surface area contributed by atoms with Gasteiger partial charge in [0.2, 0.25) is 5.91 Å². The number of carbonyl (C=O) groups excluding carboxylic acids is 1. The smallest absolute Gasteiger partial charge is 0.228 e. The van der Waals surface area contributed by atoms with Gasteiger partial charge in [-0.05, 0) is 62.4 Å². The minimum atomic E-state index is 0.0192. The van der Waals surface area contributed by atoms with Gasteiger partial charge in [0.1, 0.15) is 0 Å². The van der Waals surface area contributed by atoms with Crippen LogP contribution in [0.25, 0.3) is 0 Å². The molecule has 1 unspecified atom stereocenters. The van der Waals surface area contributed by atoms with Crippen molar-refractivity contribution in [1.82, 2.24) is 4.90 Å². The zero-order valence-corrected chi connectivity index (χ0v) is 15.8. The van der Waals surface area contributed by atoms with E-state index in [1.807, 2.05) is 12.1 Å². The number of hydrogen-bond acceptors (Lipinski definition) is 4. The number of benzene rings is 1. The maximum atomic E-state index is 12.6. The molecule has 26 heavy (non-hydrogen) atoms. The topological polar surface area (TPSA) is 59.4 Å². The number of likely N-dealkylation sites (tertiary alicyclic amines) is 1. The maximum Gasteiger partial charge on any atom is 0.228 e. The van der Waals surface area contributed by atoms with Gasteiger partial charge in [-0.15, -0.1) is 0 Å². The van der Waals surface area contributed by atoms with Gasteiger partial charge in [0.25, 0.3) is 0 Å². The van der Waals surface area contributed by atoms with E-state index in [4.69, 9.17) is 5.26 Å². The van der Waals surface area contributed by atoms with Crippen molar-refractivity contribution in [1.29, 1.82) is 5.26 Å². The van der Waals surface area contributed by atoms with Crippen molar-refractivity contribution in [3.05, 3.63) is 24.3 Å². The molecule has 5 heteroatoms. The molecule has 140 valence electrons. The summed E-state index contributed by atoms with van der Waals surface area (Å²) in [4.78, 5) is 17.3. The zero-order chi connectivity index (χ0) is 18.4. The van der Waals surface area contributed by atoms with Gasteiger partial charge < -0.3 is 15.1 Å². The van der Waals surface area contributed by atoms with Gasteiger partial charge in [-0.3, -0.25) is 4.79 Å². The van der Waals surface area contributed by atoms with E-state index in [9.17, 15) is 4.79 Å². The minimum absolute atomic E-state index is 0.0192. The predicted octanol–water partition coefficient (Wildman–Crippen LogP) is 3.49. The molecule has 0 aromatic heterocycles. The molecule has 1 aromatic rings. The minimum Gasteiger partial charge on any atom is -0.372 e. The lowest BCUT2D eigenvalue weighted by Gasteiger charge is -2.32. The number of nitrogens with zero attached hydrogens (tertiary/aromatic N) is 3. The SMILES string of the molecule is CC1CCN(c2ccc(NC(=O)C3CCCN(CCC#N)C3)cc2)CC1. The van der Waals surface area contributed by atoms with E-state index in [0.29, 0.717) is 6.42 Å². The molecular formula is C21H30N4O. The number of carbonyl (C=O) groups is 1. The predicted molar refractivity (Wildman–Crippen MR) is 105 cm³/mol. The van der Waals surface area contributed by atoms with Crippen LogP contribution in [0.3, 0.4) is 0 Å². The average molecular weight is 354 g/mol. The molecule has 2 aliphatic rings. The van der Waals surface area contributed by atoms with Gasteiger partial charge in [-0.25, -0.2) is 0 Å². The molecular weight excluding hydrogens is 324 g/mol. The summed E-state index contributed by atoms with van der Waals surface area (Å²) < 4.78 is 0. The summed E-state index contributed by atoms with van der Waals surface area (Å²) >= 11 is 0. The highest BCUT2D eigenvalue weighted by atomic mass is 16.1. The second kappa shape index (κ2) is 9.05. The summed E-state index contributed by atoms with van der Waals surface area (Å²) in [6.07, 6.45) is 4.99. The number of nitriles is 1. The van der Waals surface area contributed by atoms with Crippen LogP contribution in [-0.4, -0.2) is 43.5 Å². The van der Waals surface area contributed by atoms with Gasteiger partial charge in [-0.1, -0.05) is 6.92 Å². The Morgan fingerprint density at radius 2 is 1.92 bits per heavy atom. The zero-order valence-electron chi connectivity index (χ0n) is 15.8. The molecule has 1 amide bonds. The van der Waals surface area contributed by atoms with Gasteiger partial charge in [0.05, 0.1) is 12.0 Å². The third kappa shape index (κ3) is 4.98. The lowest BCUT2D eigenvalue weighted by Crippen LogP contribution is -2.41. The Hall–Kier alpha value is -2.06. The molecule has 0 spiro atoms. The third-order valence-corrected chi connectivity index (χ3v) is 5.70. The monoisotopic (exact) mass is 354 g/mol. The van der Waals surface area contributed by atoms with Crippen LogP contribution in [0.1, 0.15) is 39.0 Å². The fourth-order valence-corrected chi connectivity index (χ4v) is 3.95. The molecule has 2 aliphatic heterocycles. The number of amides is 1. The van der Waals surface area contributed by atoms with E-state index < -0.39 is 0 Å². The lowest BCUT2D eigenvalue weighted by molar-refractivity contribution is -0.121. The first-order chi connectivity index (χ1) is 12.7. The second-order valence-electron chi connectivity index (χ2n) is 7.75.